The highest BCUT2D eigenvalue weighted by Crippen LogP contribution is 2.53. The summed E-state index contributed by atoms with van der Waals surface area (Å²) in [6.45, 7) is 11.1. The number of nitrogens with zero attached hydrogens (tertiary/aromatic N) is 3. The molecule has 6 rings (SSSR count). The number of hydrogen-bond donors (Lipinski definition) is 3. The molecule has 3 aromatic heterocycles. The molecule has 1 aliphatic carbocycles. The van der Waals surface area contributed by atoms with E-state index in [0.29, 0.717) is 12.2 Å². The van der Waals surface area contributed by atoms with Crippen LogP contribution < -0.4 is 16.0 Å². The van der Waals surface area contributed by atoms with Gasteiger partial charge in [0.2, 0.25) is 0 Å². The maximum Gasteiger partial charge on any atom is 0.274 e. The van der Waals surface area contributed by atoms with Crippen LogP contribution in [0.4, 0.5) is 10.1 Å². The second-order valence-electron chi connectivity index (χ2n) is 13.3. The summed E-state index contributed by atoms with van der Waals surface area (Å²) < 4.78 is 22.6. The molecule has 3 N–H and O–H groups in total. The van der Waals surface area contributed by atoms with Gasteiger partial charge in [0.1, 0.15) is 17.2 Å². The molecule has 1 aromatic carbocycles. The van der Waals surface area contributed by atoms with Gasteiger partial charge in [0.05, 0.1) is 29.1 Å². The monoisotopic (exact) mass is 584 g/mol. The minimum atomic E-state index is -0.641. The van der Waals surface area contributed by atoms with E-state index in [4.69, 9.17) is 4.74 Å². The number of amides is 2. The largest absolute Gasteiger partial charge is 0.367 e. The number of nitrogens with one attached hydrogen (secondary N) is 3. The van der Waals surface area contributed by atoms with Crippen LogP contribution in [-0.2, 0) is 11.3 Å². The molecule has 10 heteroatoms. The van der Waals surface area contributed by atoms with Crippen LogP contribution in [0.25, 0.3) is 16.8 Å². The van der Waals surface area contributed by atoms with Crippen molar-refractivity contribution < 1.29 is 18.7 Å². The van der Waals surface area contributed by atoms with Gasteiger partial charge in [-0.25, -0.2) is 9.37 Å². The van der Waals surface area contributed by atoms with Gasteiger partial charge in [0.25, 0.3) is 11.8 Å². The molecule has 2 amide bonds. The Kier molecular flexibility index (Phi) is 7.09. The van der Waals surface area contributed by atoms with Crippen LogP contribution in [0.1, 0.15) is 80.3 Å². The highest BCUT2D eigenvalue weighted by molar-refractivity contribution is 6.04. The van der Waals surface area contributed by atoms with Crippen LogP contribution in [0.5, 0.6) is 0 Å². The molecule has 4 heterocycles. The number of fused-ring (bicyclic) bond motifs is 1. The molecule has 4 aromatic rings. The quantitative estimate of drug-likeness (QED) is 0.265. The van der Waals surface area contributed by atoms with E-state index < -0.39 is 11.7 Å². The Morgan fingerprint density at radius 3 is 2.60 bits per heavy atom. The Morgan fingerprint density at radius 1 is 1.05 bits per heavy atom. The van der Waals surface area contributed by atoms with E-state index in [2.05, 4.69) is 66.6 Å². The highest BCUT2D eigenvalue weighted by atomic mass is 19.1. The molecule has 1 saturated heterocycles. The summed E-state index contributed by atoms with van der Waals surface area (Å²) in [7, 11) is 0. The number of hydrogen-bond acceptors (Lipinski definition) is 6. The maximum atomic E-state index is 14.7. The van der Waals surface area contributed by atoms with Gasteiger partial charge in [0, 0.05) is 48.2 Å². The molecule has 1 spiro atoms. The number of carbonyl (C=O) groups excluding carboxylic acids is 2. The number of ether oxygens (including phenoxy) is 1. The lowest BCUT2D eigenvalue weighted by Gasteiger charge is -2.20. The molecule has 2 fully saturated rings. The topological polar surface area (TPSA) is 110 Å². The summed E-state index contributed by atoms with van der Waals surface area (Å²) in [6.07, 6.45) is 9.43. The minimum Gasteiger partial charge on any atom is -0.367 e. The molecule has 43 heavy (non-hydrogen) atoms. The number of benzene rings is 1. The van der Waals surface area contributed by atoms with Crippen LogP contribution in [0.15, 0.2) is 61.2 Å². The number of pyridine rings is 2. The van der Waals surface area contributed by atoms with E-state index in [1.165, 1.54) is 24.4 Å². The second kappa shape index (κ2) is 10.5. The Labute approximate surface area is 250 Å². The lowest BCUT2D eigenvalue weighted by atomic mass is 10.0. The van der Waals surface area contributed by atoms with E-state index in [9.17, 15) is 14.0 Å². The van der Waals surface area contributed by atoms with E-state index in [-0.39, 0.29) is 45.6 Å². The molecule has 0 bridgehead atoms. The zero-order chi connectivity index (χ0) is 30.6. The fraction of sp³-hybridized carbons (Fsp3) is 0.394. The highest BCUT2D eigenvalue weighted by Gasteiger charge is 2.62. The zero-order valence-corrected chi connectivity index (χ0v) is 25.1. The molecule has 1 aliphatic heterocycles. The third-order valence-electron chi connectivity index (χ3n) is 8.13. The van der Waals surface area contributed by atoms with Crippen LogP contribution in [0.3, 0.4) is 0 Å². The lowest BCUT2D eigenvalue weighted by molar-refractivity contribution is -0.0339. The number of halogens is 1. The molecule has 2 atom stereocenters. The first-order valence-electron chi connectivity index (χ1n) is 14.6. The summed E-state index contributed by atoms with van der Waals surface area (Å²) in [5.41, 5.74) is 3.35. The molecule has 1 saturated carbocycles. The summed E-state index contributed by atoms with van der Waals surface area (Å²) in [4.78, 5) is 35.0. The molecule has 224 valence electrons. The lowest BCUT2D eigenvalue weighted by Crippen LogP contribution is -2.35. The van der Waals surface area contributed by atoms with Crippen molar-refractivity contribution in [1.29, 1.82) is 0 Å². The van der Waals surface area contributed by atoms with Gasteiger partial charge in [-0.05, 0) is 95.0 Å². The van der Waals surface area contributed by atoms with Crippen LogP contribution in [0, 0.1) is 5.82 Å². The normalized spacial score (nSPS) is 20.8. The molecular formula is C33H37FN6O3. The fourth-order valence-electron chi connectivity index (χ4n) is 5.65. The van der Waals surface area contributed by atoms with Gasteiger partial charge in [-0.1, -0.05) is 0 Å². The average molecular weight is 585 g/mol. The fourth-order valence-corrected chi connectivity index (χ4v) is 5.65. The molecule has 2 aliphatic rings. The summed E-state index contributed by atoms with van der Waals surface area (Å²) in [5, 5.41) is 9.08. The van der Waals surface area contributed by atoms with Crippen molar-refractivity contribution in [3.8, 4) is 11.1 Å². The van der Waals surface area contributed by atoms with Crippen LogP contribution >= 0.6 is 0 Å². The molecular weight excluding hydrogens is 547 g/mol. The molecule has 2 unspecified atom stereocenters. The first-order valence-corrected chi connectivity index (χ1v) is 14.6. The Hall–Kier alpha value is -4.15. The number of imidazole rings is 1. The third kappa shape index (κ3) is 6.16. The summed E-state index contributed by atoms with van der Waals surface area (Å²) in [5.74, 6) is -1.52. The predicted octanol–water partition coefficient (Wildman–Crippen LogP) is 5.51. The Bertz CT molecular complexity index is 1730. The van der Waals surface area contributed by atoms with Crippen molar-refractivity contribution >= 4 is 23.1 Å². The second-order valence-corrected chi connectivity index (χ2v) is 13.3. The van der Waals surface area contributed by atoms with E-state index in [0.717, 1.165) is 36.0 Å². The van der Waals surface area contributed by atoms with Gasteiger partial charge >= 0.3 is 0 Å². The molecule has 0 radical (unpaired) electrons. The van der Waals surface area contributed by atoms with Crippen molar-refractivity contribution in [3.63, 3.8) is 0 Å². The standard InChI is InChI=1S/C33H37FN6O3/c1-31(2,3)37-17-20-12-23(18-35-16-20)21-8-11-40-26(19-36-28(40)14-21)30(42)38-25-13-22(6-7-24(25)34)29(41)39-27-15-33(27)10-9-32(4,5)43-33/h6-8,11-14,16,18-19,27,37H,9-10,15,17H2,1-5H3,(H,38,42)(H,39,41). The Balaban J connectivity index is 1.15. The summed E-state index contributed by atoms with van der Waals surface area (Å²) >= 11 is 0. The van der Waals surface area contributed by atoms with Gasteiger partial charge in [0.15, 0.2) is 0 Å². The summed E-state index contributed by atoms with van der Waals surface area (Å²) in [6, 6.07) is 9.70. The number of rotatable bonds is 7. The van der Waals surface area contributed by atoms with E-state index in [1.807, 2.05) is 18.3 Å². The predicted molar refractivity (Wildman–Crippen MR) is 162 cm³/mol. The maximum absolute atomic E-state index is 14.7. The van der Waals surface area contributed by atoms with Gasteiger partial charge < -0.3 is 20.7 Å². The Morgan fingerprint density at radius 2 is 1.86 bits per heavy atom. The SMILES string of the molecule is CC(C)(C)NCc1cncc(-c2ccn3c(C(=O)Nc4cc(C(=O)NC5CC56CCC(C)(C)O6)ccc4F)cnc3c2)c1. The average Bonchev–Trinajstić information content (AvgIpc) is 3.26. The number of carbonyl (C=O) groups is 2. The first kappa shape index (κ1) is 28.9. The van der Waals surface area contributed by atoms with Crippen molar-refractivity contribution in [1.82, 2.24) is 25.0 Å². The van der Waals surface area contributed by atoms with E-state index in [1.54, 1.807) is 16.8 Å². The third-order valence-corrected chi connectivity index (χ3v) is 8.13. The number of aromatic nitrogens is 3. The van der Waals surface area contributed by atoms with Gasteiger partial charge in [-0.2, -0.15) is 0 Å². The van der Waals surface area contributed by atoms with Crippen LogP contribution in [0.2, 0.25) is 0 Å². The van der Waals surface area contributed by atoms with Crippen molar-refractivity contribution in [2.24, 2.45) is 0 Å². The van der Waals surface area contributed by atoms with Crippen LogP contribution in [-0.4, -0.2) is 49.0 Å². The zero-order valence-electron chi connectivity index (χ0n) is 25.1. The molecule has 9 nitrogen and oxygen atoms in total. The minimum absolute atomic E-state index is 0.0134. The number of anilines is 1. The van der Waals surface area contributed by atoms with Crippen molar-refractivity contribution in [2.45, 2.75) is 83.2 Å². The van der Waals surface area contributed by atoms with Gasteiger partial charge in [-0.15, -0.1) is 0 Å². The smallest absolute Gasteiger partial charge is 0.274 e. The van der Waals surface area contributed by atoms with Crippen molar-refractivity contribution in [3.05, 3.63) is 83.8 Å². The van der Waals surface area contributed by atoms with Gasteiger partial charge in [-0.3, -0.25) is 19.0 Å². The first-order chi connectivity index (χ1) is 20.3. The van der Waals surface area contributed by atoms with E-state index >= 15 is 0 Å². The van der Waals surface area contributed by atoms with Crippen molar-refractivity contribution in [2.75, 3.05) is 5.32 Å².